The number of carbonyl (C=O) groups is 1. The summed E-state index contributed by atoms with van der Waals surface area (Å²) in [5.74, 6) is -1.28. The standard InChI is InChI=1S/C20H19F4NO3/c1-18(27,13-5-7-15(21)8-6-13)12-17(26)25-19(9-10-19)14-3-2-4-16(11-14)28-20(22,23)24/h2-8,11,27H,9-10,12H2,1H3,(H,25,26)/t18-/m0/s1. The van der Waals surface area contributed by atoms with E-state index in [4.69, 9.17) is 0 Å². The van der Waals surface area contributed by atoms with Gasteiger partial charge in [-0.05, 0) is 55.2 Å². The second-order valence-corrected chi connectivity index (χ2v) is 7.16. The third-order valence-electron chi connectivity index (χ3n) is 4.72. The highest BCUT2D eigenvalue weighted by atomic mass is 19.4. The van der Waals surface area contributed by atoms with Gasteiger partial charge in [-0.25, -0.2) is 4.39 Å². The third kappa shape index (κ3) is 4.81. The molecule has 0 aromatic heterocycles. The van der Waals surface area contributed by atoms with E-state index in [1.807, 2.05) is 0 Å². The second kappa shape index (κ2) is 7.09. The van der Waals surface area contributed by atoms with Gasteiger partial charge in [0.1, 0.15) is 11.6 Å². The van der Waals surface area contributed by atoms with Crippen LogP contribution in [0.25, 0.3) is 0 Å². The van der Waals surface area contributed by atoms with Crippen LogP contribution in [0, 0.1) is 5.82 Å². The number of alkyl halides is 3. The number of nitrogens with one attached hydrogen (secondary N) is 1. The molecule has 2 aromatic carbocycles. The van der Waals surface area contributed by atoms with Gasteiger partial charge in [0.05, 0.1) is 17.6 Å². The lowest BCUT2D eigenvalue weighted by Gasteiger charge is -2.26. The van der Waals surface area contributed by atoms with E-state index in [-0.39, 0.29) is 12.2 Å². The summed E-state index contributed by atoms with van der Waals surface area (Å²) in [5, 5.41) is 13.4. The van der Waals surface area contributed by atoms with E-state index >= 15 is 0 Å². The van der Waals surface area contributed by atoms with Gasteiger partial charge in [0.15, 0.2) is 0 Å². The molecule has 2 aromatic rings. The van der Waals surface area contributed by atoms with Gasteiger partial charge in [0, 0.05) is 0 Å². The van der Waals surface area contributed by atoms with Gasteiger partial charge in [-0.15, -0.1) is 13.2 Å². The predicted octanol–water partition coefficient (Wildman–Crippen LogP) is 4.13. The van der Waals surface area contributed by atoms with Crippen molar-refractivity contribution in [3.8, 4) is 5.75 Å². The average molecular weight is 397 g/mol. The highest BCUT2D eigenvalue weighted by molar-refractivity contribution is 5.79. The Morgan fingerprint density at radius 3 is 2.39 bits per heavy atom. The van der Waals surface area contributed by atoms with Gasteiger partial charge < -0.3 is 15.2 Å². The lowest BCUT2D eigenvalue weighted by Crippen LogP contribution is -2.39. The Morgan fingerprint density at radius 1 is 1.18 bits per heavy atom. The molecule has 0 radical (unpaired) electrons. The maximum atomic E-state index is 13.0. The van der Waals surface area contributed by atoms with Crippen LogP contribution in [0.1, 0.15) is 37.3 Å². The number of hydrogen-bond acceptors (Lipinski definition) is 3. The molecule has 1 aliphatic rings. The minimum absolute atomic E-state index is 0.279. The van der Waals surface area contributed by atoms with Gasteiger partial charge >= 0.3 is 6.36 Å². The van der Waals surface area contributed by atoms with Gasteiger partial charge in [-0.3, -0.25) is 4.79 Å². The fourth-order valence-electron chi connectivity index (χ4n) is 3.14. The molecule has 1 amide bonds. The molecule has 1 atom stereocenters. The number of aliphatic hydroxyl groups is 1. The first-order valence-electron chi connectivity index (χ1n) is 8.65. The van der Waals surface area contributed by atoms with Crippen LogP contribution in [-0.4, -0.2) is 17.4 Å². The molecular formula is C20H19F4NO3. The smallest absolute Gasteiger partial charge is 0.406 e. The zero-order valence-electron chi connectivity index (χ0n) is 15.0. The Bertz CT molecular complexity index is 858. The van der Waals surface area contributed by atoms with E-state index in [1.165, 1.54) is 49.4 Å². The molecule has 2 N–H and O–H groups in total. The molecule has 3 rings (SSSR count). The molecule has 0 spiro atoms. The van der Waals surface area contributed by atoms with E-state index in [1.54, 1.807) is 6.07 Å². The van der Waals surface area contributed by atoms with Gasteiger partial charge in [0.25, 0.3) is 0 Å². The zero-order valence-corrected chi connectivity index (χ0v) is 15.0. The van der Waals surface area contributed by atoms with E-state index < -0.39 is 29.2 Å². The van der Waals surface area contributed by atoms with E-state index in [0.29, 0.717) is 24.0 Å². The Hall–Kier alpha value is -2.61. The largest absolute Gasteiger partial charge is 0.573 e. The summed E-state index contributed by atoms with van der Waals surface area (Å²) in [5.41, 5.74) is -1.41. The highest BCUT2D eigenvalue weighted by Crippen LogP contribution is 2.46. The second-order valence-electron chi connectivity index (χ2n) is 7.16. The normalized spacial score (nSPS) is 17.5. The molecule has 1 aliphatic carbocycles. The van der Waals surface area contributed by atoms with Gasteiger partial charge in [-0.2, -0.15) is 0 Å². The summed E-state index contributed by atoms with van der Waals surface area (Å²) in [6.07, 6.45) is -3.95. The number of rotatable bonds is 6. The van der Waals surface area contributed by atoms with Crippen molar-refractivity contribution in [2.75, 3.05) is 0 Å². The first kappa shape index (κ1) is 20.1. The highest BCUT2D eigenvalue weighted by Gasteiger charge is 2.46. The SMILES string of the molecule is C[C@](O)(CC(=O)NC1(c2cccc(OC(F)(F)F)c2)CC1)c1ccc(F)cc1. The van der Waals surface area contributed by atoms with Crippen LogP contribution in [0.4, 0.5) is 17.6 Å². The monoisotopic (exact) mass is 397 g/mol. The Morgan fingerprint density at radius 2 is 1.82 bits per heavy atom. The number of ether oxygens (including phenoxy) is 1. The van der Waals surface area contributed by atoms with Crippen molar-refractivity contribution >= 4 is 5.91 Å². The van der Waals surface area contributed by atoms with Crippen molar-refractivity contribution < 1.29 is 32.2 Å². The molecule has 0 aliphatic heterocycles. The zero-order chi connectivity index (χ0) is 20.6. The Kier molecular flexibility index (Phi) is 5.10. The molecule has 0 saturated heterocycles. The molecule has 8 heteroatoms. The lowest BCUT2D eigenvalue weighted by molar-refractivity contribution is -0.274. The number of halogens is 4. The molecule has 0 unspecified atom stereocenters. The van der Waals surface area contributed by atoms with E-state index in [9.17, 15) is 27.5 Å². The molecule has 150 valence electrons. The number of hydrogen-bond donors (Lipinski definition) is 2. The van der Waals surface area contributed by atoms with Crippen LogP contribution in [0.2, 0.25) is 0 Å². The van der Waals surface area contributed by atoms with E-state index in [2.05, 4.69) is 10.1 Å². The first-order chi connectivity index (χ1) is 13.0. The van der Waals surface area contributed by atoms with Crippen molar-refractivity contribution in [3.05, 3.63) is 65.5 Å². The van der Waals surface area contributed by atoms with Crippen molar-refractivity contribution in [1.29, 1.82) is 0 Å². The van der Waals surface area contributed by atoms with Crippen LogP contribution < -0.4 is 10.1 Å². The lowest BCUT2D eigenvalue weighted by atomic mass is 9.92. The van der Waals surface area contributed by atoms with Crippen molar-refractivity contribution in [2.45, 2.75) is 43.7 Å². The van der Waals surface area contributed by atoms with Crippen molar-refractivity contribution in [3.63, 3.8) is 0 Å². The minimum Gasteiger partial charge on any atom is -0.406 e. The van der Waals surface area contributed by atoms with E-state index in [0.717, 1.165) is 0 Å². The fourth-order valence-corrected chi connectivity index (χ4v) is 3.14. The Labute approximate surface area is 159 Å². The van der Waals surface area contributed by atoms with Gasteiger partial charge in [-0.1, -0.05) is 24.3 Å². The number of amides is 1. The molecule has 0 bridgehead atoms. The molecule has 1 saturated carbocycles. The average Bonchev–Trinajstić information content (AvgIpc) is 3.34. The first-order valence-corrected chi connectivity index (χ1v) is 8.65. The molecule has 0 heterocycles. The topological polar surface area (TPSA) is 58.6 Å². The van der Waals surface area contributed by atoms with Crippen LogP contribution >= 0.6 is 0 Å². The van der Waals surface area contributed by atoms with Crippen LogP contribution in [-0.2, 0) is 15.9 Å². The molecular weight excluding hydrogens is 378 g/mol. The maximum Gasteiger partial charge on any atom is 0.573 e. The summed E-state index contributed by atoms with van der Waals surface area (Å²) in [6.45, 7) is 1.44. The van der Waals surface area contributed by atoms with Crippen LogP contribution in [0.15, 0.2) is 48.5 Å². The molecule has 1 fully saturated rings. The fraction of sp³-hybridized carbons (Fsp3) is 0.350. The predicted molar refractivity (Wildman–Crippen MR) is 92.8 cm³/mol. The number of carbonyl (C=O) groups excluding carboxylic acids is 1. The summed E-state index contributed by atoms with van der Waals surface area (Å²) in [4.78, 5) is 12.5. The van der Waals surface area contributed by atoms with Crippen molar-refractivity contribution in [2.24, 2.45) is 0 Å². The molecule has 28 heavy (non-hydrogen) atoms. The summed E-state index contributed by atoms with van der Waals surface area (Å²) < 4.78 is 54.3. The van der Waals surface area contributed by atoms with Crippen LogP contribution in [0.5, 0.6) is 5.75 Å². The quantitative estimate of drug-likeness (QED) is 0.721. The summed E-state index contributed by atoms with van der Waals surface area (Å²) in [7, 11) is 0. The minimum atomic E-state index is -4.80. The summed E-state index contributed by atoms with van der Waals surface area (Å²) >= 11 is 0. The number of benzene rings is 2. The molecule has 4 nitrogen and oxygen atoms in total. The van der Waals surface area contributed by atoms with Gasteiger partial charge in [0.2, 0.25) is 5.91 Å². The van der Waals surface area contributed by atoms with Crippen LogP contribution in [0.3, 0.4) is 0 Å². The third-order valence-corrected chi connectivity index (χ3v) is 4.72. The summed E-state index contributed by atoms with van der Waals surface area (Å²) in [6, 6.07) is 10.7. The Balaban J connectivity index is 1.70. The maximum absolute atomic E-state index is 13.0. The van der Waals surface area contributed by atoms with Crippen molar-refractivity contribution in [1.82, 2.24) is 5.32 Å².